The van der Waals surface area contributed by atoms with Crippen molar-refractivity contribution in [1.82, 2.24) is 24.4 Å². The average Bonchev–Trinajstić information content (AvgIpc) is 3.24. The topological polar surface area (TPSA) is 63.9 Å². The number of carbonyl (C=O) groups excluding carboxylic acids is 1. The van der Waals surface area contributed by atoms with Crippen LogP contribution in [0.1, 0.15) is 40.6 Å². The minimum absolute atomic E-state index is 0.157. The van der Waals surface area contributed by atoms with E-state index < -0.39 is 0 Å². The molecule has 3 heterocycles. The zero-order valence-electron chi connectivity index (χ0n) is 16.8. The summed E-state index contributed by atoms with van der Waals surface area (Å²) < 4.78 is 2.10. The number of aromatic nitrogens is 4. The van der Waals surface area contributed by atoms with E-state index >= 15 is 0 Å². The molecule has 0 atom stereocenters. The van der Waals surface area contributed by atoms with E-state index in [1.807, 2.05) is 18.5 Å². The van der Waals surface area contributed by atoms with Gasteiger partial charge in [0.05, 0.1) is 17.8 Å². The van der Waals surface area contributed by atoms with Crippen LogP contribution < -0.4 is 0 Å². The van der Waals surface area contributed by atoms with Gasteiger partial charge in [-0.25, -0.2) is 15.0 Å². The third-order valence-corrected chi connectivity index (χ3v) is 6.79. The fourth-order valence-corrected chi connectivity index (χ4v) is 4.64. The Morgan fingerprint density at radius 3 is 2.68 bits per heavy atom. The quantitative estimate of drug-likeness (QED) is 0.348. The summed E-state index contributed by atoms with van der Waals surface area (Å²) in [6.07, 6.45) is 8.72. The Kier molecular flexibility index (Phi) is 7.06. The summed E-state index contributed by atoms with van der Waals surface area (Å²) in [6.45, 7) is 1.83. The molecule has 1 fully saturated rings. The molecule has 1 aliphatic heterocycles. The van der Waals surface area contributed by atoms with Crippen LogP contribution in [0.15, 0.2) is 41.9 Å². The number of likely N-dealkylation sites (tertiary alicyclic amines) is 1. The van der Waals surface area contributed by atoms with Crippen molar-refractivity contribution < 1.29 is 4.79 Å². The Hall–Kier alpha value is -1.80. The standard InChI is InChI=1S/C21H20Cl3N5OS/c1-31-21-26-11-17(24)18(27-21)20(30)28-7-4-13(5-8-28)19-25-6-9-29(19)12-14-10-15(22)2-3-16(14)23/h2-3,6,9-11,13H,4-5,7-8,12H2,1H3. The first-order chi connectivity index (χ1) is 15.0. The van der Waals surface area contributed by atoms with Gasteiger partial charge in [-0.15, -0.1) is 0 Å². The average molecular weight is 497 g/mol. The minimum Gasteiger partial charge on any atom is -0.337 e. The van der Waals surface area contributed by atoms with Crippen molar-refractivity contribution in [3.05, 3.63) is 68.9 Å². The number of hydrogen-bond donors (Lipinski definition) is 0. The molecule has 10 heteroatoms. The van der Waals surface area contributed by atoms with E-state index in [2.05, 4.69) is 19.5 Å². The molecule has 1 saturated heterocycles. The number of nitrogens with zero attached hydrogens (tertiary/aromatic N) is 5. The van der Waals surface area contributed by atoms with Crippen LogP contribution in [0.2, 0.25) is 15.1 Å². The first kappa shape index (κ1) is 22.4. The van der Waals surface area contributed by atoms with Gasteiger partial charge in [0.25, 0.3) is 5.91 Å². The molecule has 4 rings (SSSR count). The highest BCUT2D eigenvalue weighted by atomic mass is 35.5. The Bertz CT molecular complexity index is 1100. The van der Waals surface area contributed by atoms with Gasteiger partial charge in [-0.1, -0.05) is 46.6 Å². The predicted molar refractivity (Wildman–Crippen MR) is 124 cm³/mol. The van der Waals surface area contributed by atoms with Crippen molar-refractivity contribution in [2.75, 3.05) is 19.3 Å². The number of amides is 1. The van der Waals surface area contributed by atoms with Crippen LogP contribution in [0, 0.1) is 0 Å². The fraction of sp³-hybridized carbons (Fsp3) is 0.333. The van der Waals surface area contributed by atoms with Gasteiger partial charge in [-0.3, -0.25) is 4.79 Å². The molecule has 0 radical (unpaired) electrons. The second kappa shape index (κ2) is 9.77. The molecule has 1 amide bonds. The molecule has 0 bridgehead atoms. The largest absolute Gasteiger partial charge is 0.337 e. The van der Waals surface area contributed by atoms with E-state index in [9.17, 15) is 4.79 Å². The van der Waals surface area contributed by atoms with Crippen molar-refractivity contribution in [2.45, 2.75) is 30.5 Å². The predicted octanol–water partition coefficient (Wildman–Crippen LogP) is 5.42. The molecule has 0 aliphatic carbocycles. The van der Waals surface area contributed by atoms with Crippen LogP contribution in [-0.2, 0) is 6.54 Å². The second-order valence-corrected chi connectivity index (χ2v) is 9.29. The number of benzene rings is 1. The van der Waals surface area contributed by atoms with Crippen LogP contribution in [0.4, 0.5) is 0 Å². The monoisotopic (exact) mass is 495 g/mol. The van der Waals surface area contributed by atoms with Crippen molar-refractivity contribution in [1.29, 1.82) is 0 Å². The SMILES string of the molecule is CSc1ncc(Cl)c(C(=O)N2CCC(c3nccn3Cc3cc(Cl)ccc3Cl)CC2)n1. The number of carbonyl (C=O) groups is 1. The van der Waals surface area contributed by atoms with Crippen LogP contribution in [0.3, 0.4) is 0 Å². The third kappa shape index (κ3) is 5.00. The van der Waals surface area contributed by atoms with Crippen molar-refractivity contribution in [3.8, 4) is 0 Å². The lowest BCUT2D eigenvalue weighted by Gasteiger charge is -2.32. The molecule has 162 valence electrons. The minimum atomic E-state index is -0.157. The van der Waals surface area contributed by atoms with Crippen molar-refractivity contribution in [3.63, 3.8) is 0 Å². The highest BCUT2D eigenvalue weighted by molar-refractivity contribution is 7.98. The van der Waals surface area contributed by atoms with Gasteiger partial charge in [0.1, 0.15) is 5.82 Å². The molecule has 0 spiro atoms. The lowest BCUT2D eigenvalue weighted by atomic mass is 9.95. The highest BCUT2D eigenvalue weighted by Gasteiger charge is 2.29. The molecule has 2 aromatic heterocycles. The molecular formula is C21H20Cl3N5OS. The molecule has 0 N–H and O–H groups in total. The second-order valence-electron chi connectivity index (χ2n) is 7.27. The Balaban J connectivity index is 1.45. The number of hydrogen-bond acceptors (Lipinski definition) is 5. The first-order valence-corrected chi connectivity index (χ1v) is 12.1. The van der Waals surface area contributed by atoms with Gasteiger partial charge in [0.15, 0.2) is 10.9 Å². The Labute approximate surface area is 199 Å². The van der Waals surface area contributed by atoms with Crippen molar-refractivity contribution >= 4 is 52.5 Å². The summed E-state index contributed by atoms with van der Waals surface area (Å²) >= 11 is 20.0. The number of halogens is 3. The van der Waals surface area contributed by atoms with E-state index in [0.717, 1.165) is 24.2 Å². The van der Waals surface area contributed by atoms with Crippen molar-refractivity contribution in [2.24, 2.45) is 0 Å². The van der Waals surface area contributed by atoms with Crippen LogP contribution in [0.5, 0.6) is 0 Å². The summed E-state index contributed by atoms with van der Waals surface area (Å²) in [6, 6.07) is 5.46. The lowest BCUT2D eigenvalue weighted by Crippen LogP contribution is -2.39. The van der Waals surface area contributed by atoms with E-state index in [1.165, 1.54) is 18.0 Å². The number of piperidine rings is 1. The molecule has 1 aliphatic rings. The molecule has 3 aromatic rings. The molecule has 31 heavy (non-hydrogen) atoms. The highest BCUT2D eigenvalue weighted by Crippen LogP contribution is 2.30. The van der Waals surface area contributed by atoms with Gasteiger partial charge in [0, 0.05) is 41.4 Å². The van der Waals surface area contributed by atoms with Gasteiger partial charge < -0.3 is 9.47 Å². The fourth-order valence-electron chi connectivity index (χ4n) is 3.75. The maximum absolute atomic E-state index is 13.0. The summed E-state index contributed by atoms with van der Waals surface area (Å²) in [4.78, 5) is 27.8. The third-order valence-electron chi connectivity index (χ3n) is 5.35. The van der Waals surface area contributed by atoms with Gasteiger partial charge in [-0.05, 0) is 42.9 Å². The summed E-state index contributed by atoms with van der Waals surface area (Å²) in [5.74, 6) is 1.09. The zero-order valence-corrected chi connectivity index (χ0v) is 19.8. The number of thioether (sulfide) groups is 1. The van der Waals surface area contributed by atoms with Gasteiger partial charge in [-0.2, -0.15) is 0 Å². The number of rotatable bonds is 5. The summed E-state index contributed by atoms with van der Waals surface area (Å²) in [5.41, 5.74) is 1.21. The molecule has 6 nitrogen and oxygen atoms in total. The van der Waals surface area contributed by atoms with Crippen LogP contribution in [-0.4, -0.2) is 49.7 Å². The Morgan fingerprint density at radius 2 is 1.94 bits per heavy atom. The molecule has 0 saturated carbocycles. The smallest absolute Gasteiger partial charge is 0.274 e. The summed E-state index contributed by atoms with van der Waals surface area (Å²) in [5, 5.41) is 2.14. The van der Waals surface area contributed by atoms with E-state index in [-0.39, 0.29) is 22.5 Å². The van der Waals surface area contributed by atoms with Crippen LogP contribution in [0.25, 0.3) is 0 Å². The van der Waals surface area contributed by atoms with Crippen LogP contribution >= 0.6 is 46.6 Å². The van der Waals surface area contributed by atoms with Gasteiger partial charge >= 0.3 is 0 Å². The Morgan fingerprint density at radius 1 is 1.16 bits per heavy atom. The molecule has 0 unspecified atom stereocenters. The maximum Gasteiger partial charge on any atom is 0.274 e. The van der Waals surface area contributed by atoms with E-state index in [0.29, 0.717) is 34.8 Å². The van der Waals surface area contributed by atoms with E-state index in [1.54, 1.807) is 23.2 Å². The number of imidazole rings is 1. The molecular weight excluding hydrogens is 477 g/mol. The van der Waals surface area contributed by atoms with Gasteiger partial charge in [0.2, 0.25) is 0 Å². The normalized spacial score (nSPS) is 14.8. The van der Waals surface area contributed by atoms with E-state index in [4.69, 9.17) is 34.8 Å². The lowest BCUT2D eigenvalue weighted by molar-refractivity contribution is 0.0703. The molecule has 1 aromatic carbocycles. The maximum atomic E-state index is 13.0. The zero-order chi connectivity index (χ0) is 22.0. The summed E-state index contributed by atoms with van der Waals surface area (Å²) in [7, 11) is 0. The first-order valence-electron chi connectivity index (χ1n) is 9.77.